The predicted octanol–water partition coefficient (Wildman–Crippen LogP) is 2.34. The van der Waals surface area contributed by atoms with Gasteiger partial charge in [0, 0.05) is 5.56 Å². The summed E-state index contributed by atoms with van der Waals surface area (Å²) < 4.78 is 0. The van der Waals surface area contributed by atoms with Crippen LogP contribution in [0.3, 0.4) is 0 Å². The van der Waals surface area contributed by atoms with E-state index in [0.29, 0.717) is 6.04 Å². The van der Waals surface area contributed by atoms with Gasteiger partial charge < -0.3 is 0 Å². The van der Waals surface area contributed by atoms with Crippen LogP contribution in [0.15, 0.2) is 40.3 Å². The Balaban J connectivity index is 2.39. The van der Waals surface area contributed by atoms with Gasteiger partial charge in [0.05, 0.1) is 24.0 Å². The van der Waals surface area contributed by atoms with Gasteiger partial charge in [-0.15, -0.1) is 0 Å². The first-order chi connectivity index (χ1) is 6.77. The van der Waals surface area contributed by atoms with Crippen LogP contribution in [-0.4, -0.2) is 24.0 Å². The number of nitrogens with zero attached hydrogens (tertiary/aromatic N) is 2. The molecule has 0 radical (unpaired) electrons. The van der Waals surface area contributed by atoms with Crippen LogP contribution in [0.1, 0.15) is 19.4 Å². The highest BCUT2D eigenvalue weighted by Crippen LogP contribution is 2.09. The number of hydrogen-bond donors (Lipinski definition) is 0. The zero-order valence-electron chi connectivity index (χ0n) is 8.57. The second kappa shape index (κ2) is 3.74. The molecule has 1 heterocycles. The molecule has 2 rings (SSSR count). The van der Waals surface area contributed by atoms with Gasteiger partial charge >= 0.3 is 0 Å². The van der Waals surface area contributed by atoms with E-state index in [-0.39, 0.29) is 0 Å². The van der Waals surface area contributed by atoms with Crippen LogP contribution in [0, 0.1) is 0 Å². The van der Waals surface area contributed by atoms with Crippen molar-refractivity contribution in [3.63, 3.8) is 0 Å². The fourth-order valence-electron chi connectivity index (χ4n) is 1.58. The highest BCUT2D eigenvalue weighted by atomic mass is 14.9. The summed E-state index contributed by atoms with van der Waals surface area (Å²) in [5.41, 5.74) is 3.26. The molecule has 0 saturated heterocycles. The molecule has 2 nitrogen and oxygen atoms in total. The summed E-state index contributed by atoms with van der Waals surface area (Å²) in [4.78, 5) is 9.07. The molecule has 1 aliphatic heterocycles. The lowest BCUT2D eigenvalue weighted by atomic mass is 10.0. The molecule has 0 amide bonds. The van der Waals surface area contributed by atoms with Gasteiger partial charge in [-0.3, -0.25) is 9.98 Å². The van der Waals surface area contributed by atoms with E-state index in [1.54, 1.807) is 0 Å². The van der Waals surface area contributed by atoms with E-state index < -0.39 is 0 Å². The third-order valence-corrected chi connectivity index (χ3v) is 2.33. The van der Waals surface area contributed by atoms with E-state index >= 15 is 0 Å². The Morgan fingerprint density at radius 1 is 1.21 bits per heavy atom. The molecule has 1 aliphatic rings. The number of aliphatic imine (C=N–C) groups is 2. The Hall–Kier alpha value is -1.44. The normalized spacial score (nSPS) is 21.4. The van der Waals surface area contributed by atoms with Crippen LogP contribution in [0.2, 0.25) is 0 Å². The molecule has 72 valence electrons. The minimum absolute atomic E-state index is 0.314. The van der Waals surface area contributed by atoms with Gasteiger partial charge in [0.25, 0.3) is 0 Å². The number of rotatable bonds is 1. The topological polar surface area (TPSA) is 24.7 Å². The number of benzene rings is 1. The van der Waals surface area contributed by atoms with E-state index in [1.165, 1.54) is 5.56 Å². The lowest BCUT2D eigenvalue weighted by molar-refractivity contribution is 0.749. The fraction of sp³-hybridized carbons (Fsp3) is 0.333. The van der Waals surface area contributed by atoms with Crippen molar-refractivity contribution < 1.29 is 0 Å². The van der Waals surface area contributed by atoms with Crippen molar-refractivity contribution >= 4 is 11.4 Å². The highest BCUT2D eigenvalue weighted by molar-refractivity contribution is 6.47. The van der Waals surface area contributed by atoms with Crippen molar-refractivity contribution in [2.75, 3.05) is 6.54 Å². The van der Waals surface area contributed by atoms with Crippen LogP contribution < -0.4 is 0 Å². The van der Waals surface area contributed by atoms with Gasteiger partial charge in [-0.05, 0) is 13.8 Å². The zero-order chi connectivity index (χ0) is 9.97. The molecule has 0 N–H and O–H groups in total. The first-order valence-corrected chi connectivity index (χ1v) is 4.92. The van der Waals surface area contributed by atoms with Crippen LogP contribution in [0.25, 0.3) is 0 Å². The first kappa shape index (κ1) is 9.13. The first-order valence-electron chi connectivity index (χ1n) is 4.92. The molecule has 0 fully saturated rings. The smallest absolute Gasteiger partial charge is 0.0858 e. The van der Waals surface area contributed by atoms with Gasteiger partial charge in [0.15, 0.2) is 0 Å². The maximum atomic E-state index is 4.62. The SMILES string of the molecule is CC1=NCC(C)N=C1c1ccccc1. The minimum Gasteiger partial charge on any atom is -0.286 e. The Kier molecular flexibility index (Phi) is 2.44. The molecule has 0 aliphatic carbocycles. The molecule has 0 spiro atoms. The highest BCUT2D eigenvalue weighted by Gasteiger charge is 2.13. The van der Waals surface area contributed by atoms with Gasteiger partial charge in [0.1, 0.15) is 0 Å². The summed E-state index contributed by atoms with van der Waals surface area (Å²) >= 11 is 0. The van der Waals surface area contributed by atoms with Crippen molar-refractivity contribution in [2.45, 2.75) is 19.9 Å². The Morgan fingerprint density at radius 3 is 2.64 bits per heavy atom. The third kappa shape index (κ3) is 1.74. The van der Waals surface area contributed by atoms with E-state index in [0.717, 1.165) is 18.0 Å². The van der Waals surface area contributed by atoms with Crippen molar-refractivity contribution in [1.29, 1.82) is 0 Å². The molecule has 0 aromatic heterocycles. The van der Waals surface area contributed by atoms with E-state index in [9.17, 15) is 0 Å². The Labute approximate surface area is 84.4 Å². The van der Waals surface area contributed by atoms with Crippen molar-refractivity contribution in [3.05, 3.63) is 35.9 Å². The summed E-state index contributed by atoms with van der Waals surface area (Å²) in [5, 5.41) is 0. The van der Waals surface area contributed by atoms with Gasteiger partial charge in [-0.25, -0.2) is 0 Å². The lowest BCUT2D eigenvalue weighted by Crippen LogP contribution is -2.22. The second-order valence-corrected chi connectivity index (χ2v) is 3.62. The average molecular weight is 186 g/mol. The third-order valence-electron chi connectivity index (χ3n) is 2.33. The Bertz CT molecular complexity index is 377. The molecule has 1 aromatic rings. The lowest BCUT2D eigenvalue weighted by Gasteiger charge is -2.15. The van der Waals surface area contributed by atoms with E-state index in [1.807, 2.05) is 25.1 Å². The predicted molar refractivity (Wildman–Crippen MR) is 60.4 cm³/mol. The molecule has 1 aromatic carbocycles. The van der Waals surface area contributed by atoms with E-state index in [2.05, 4.69) is 29.0 Å². The van der Waals surface area contributed by atoms with Crippen LogP contribution in [-0.2, 0) is 0 Å². The quantitative estimate of drug-likeness (QED) is 0.643. The van der Waals surface area contributed by atoms with Crippen LogP contribution >= 0.6 is 0 Å². The summed E-state index contributed by atoms with van der Waals surface area (Å²) in [5.74, 6) is 0. The molecule has 1 unspecified atom stereocenters. The molecule has 2 heteroatoms. The average Bonchev–Trinajstić information content (AvgIpc) is 2.23. The molecule has 14 heavy (non-hydrogen) atoms. The number of hydrogen-bond acceptors (Lipinski definition) is 2. The van der Waals surface area contributed by atoms with Crippen molar-refractivity contribution in [3.8, 4) is 0 Å². The van der Waals surface area contributed by atoms with Gasteiger partial charge in [0.2, 0.25) is 0 Å². The van der Waals surface area contributed by atoms with Crippen molar-refractivity contribution in [2.24, 2.45) is 9.98 Å². The summed E-state index contributed by atoms with van der Waals surface area (Å²) in [6.45, 7) is 4.94. The van der Waals surface area contributed by atoms with Gasteiger partial charge in [-0.2, -0.15) is 0 Å². The largest absolute Gasteiger partial charge is 0.286 e. The molecule has 0 bridgehead atoms. The zero-order valence-corrected chi connectivity index (χ0v) is 8.57. The Morgan fingerprint density at radius 2 is 1.93 bits per heavy atom. The fourth-order valence-corrected chi connectivity index (χ4v) is 1.58. The van der Waals surface area contributed by atoms with E-state index in [4.69, 9.17) is 0 Å². The summed E-state index contributed by atoms with van der Waals surface area (Å²) in [7, 11) is 0. The maximum absolute atomic E-state index is 4.62. The van der Waals surface area contributed by atoms with Crippen LogP contribution in [0.5, 0.6) is 0 Å². The maximum Gasteiger partial charge on any atom is 0.0858 e. The molecule has 1 atom stereocenters. The molecular weight excluding hydrogens is 172 g/mol. The van der Waals surface area contributed by atoms with Gasteiger partial charge in [-0.1, -0.05) is 30.3 Å². The van der Waals surface area contributed by atoms with Crippen molar-refractivity contribution in [1.82, 2.24) is 0 Å². The second-order valence-electron chi connectivity index (χ2n) is 3.62. The molecular formula is C12H14N2. The minimum atomic E-state index is 0.314. The summed E-state index contributed by atoms with van der Waals surface area (Å²) in [6.07, 6.45) is 0. The van der Waals surface area contributed by atoms with Crippen LogP contribution in [0.4, 0.5) is 0 Å². The standard InChI is InChI=1S/C12H14N2/c1-9-8-13-10(2)12(14-9)11-6-4-3-5-7-11/h3-7,9H,8H2,1-2H3. The monoisotopic (exact) mass is 186 g/mol. The summed E-state index contributed by atoms with van der Waals surface area (Å²) in [6, 6.07) is 10.6. The molecule has 0 saturated carbocycles.